The zero-order valence-corrected chi connectivity index (χ0v) is 21.5. The van der Waals surface area contributed by atoms with Crippen molar-refractivity contribution < 1.29 is 23.8 Å². The fourth-order valence-corrected chi connectivity index (χ4v) is 5.03. The Morgan fingerprint density at radius 3 is 2.65 bits per heavy atom. The predicted molar refractivity (Wildman–Crippen MR) is 141 cm³/mol. The number of methoxy groups -OCH3 is 2. The first-order valence-corrected chi connectivity index (χ1v) is 12.3. The first kappa shape index (κ1) is 24.5. The largest absolute Gasteiger partial charge is 0.497 e. The van der Waals surface area contributed by atoms with Gasteiger partial charge in [-0.15, -0.1) is 0 Å². The Hall–Kier alpha value is -4.20. The summed E-state index contributed by atoms with van der Waals surface area (Å²) in [6.07, 6.45) is 1.24. The number of carbonyl (C=O) groups is 2. The summed E-state index contributed by atoms with van der Waals surface area (Å²) in [5.74, 6) is 1.53. The molecule has 37 heavy (non-hydrogen) atoms. The molecule has 2 aliphatic rings. The van der Waals surface area contributed by atoms with Crippen molar-refractivity contribution in [3.8, 4) is 17.2 Å². The van der Waals surface area contributed by atoms with Crippen molar-refractivity contribution in [1.29, 1.82) is 0 Å². The third kappa shape index (κ3) is 4.67. The summed E-state index contributed by atoms with van der Waals surface area (Å²) in [7, 11) is 3.16. The Labute approximate surface area is 216 Å². The summed E-state index contributed by atoms with van der Waals surface area (Å²) in [4.78, 5) is 27.8. The van der Waals surface area contributed by atoms with E-state index in [4.69, 9.17) is 14.2 Å². The minimum atomic E-state index is -0.984. The van der Waals surface area contributed by atoms with Crippen molar-refractivity contribution in [3.63, 3.8) is 0 Å². The number of ether oxygens (including phenoxy) is 3. The quantitative estimate of drug-likeness (QED) is 0.488. The van der Waals surface area contributed by atoms with E-state index in [1.54, 1.807) is 49.5 Å². The minimum Gasteiger partial charge on any atom is -0.497 e. The van der Waals surface area contributed by atoms with E-state index >= 15 is 0 Å². The fourth-order valence-electron chi connectivity index (χ4n) is 5.03. The van der Waals surface area contributed by atoms with Crippen LogP contribution in [0.5, 0.6) is 17.2 Å². The van der Waals surface area contributed by atoms with Crippen molar-refractivity contribution in [1.82, 2.24) is 10.6 Å². The maximum Gasteiger partial charge on any atom is 0.325 e. The lowest BCUT2D eigenvalue weighted by Crippen LogP contribution is -2.65. The van der Waals surface area contributed by atoms with E-state index in [0.717, 1.165) is 17.5 Å². The molecule has 2 atom stereocenters. The first-order chi connectivity index (χ1) is 17.8. The molecule has 2 N–H and O–H groups in total. The molecule has 0 aliphatic carbocycles. The van der Waals surface area contributed by atoms with Crippen molar-refractivity contribution >= 4 is 17.6 Å². The van der Waals surface area contributed by atoms with Crippen LogP contribution >= 0.6 is 0 Å². The molecule has 3 amide bonds. The Morgan fingerprint density at radius 2 is 1.92 bits per heavy atom. The van der Waals surface area contributed by atoms with Crippen LogP contribution in [-0.4, -0.2) is 38.4 Å². The van der Waals surface area contributed by atoms with Gasteiger partial charge in [0.1, 0.15) is 5.75 Å². The number of benzene rings is 3. The monoisotopic (exact) mass is 501 g/mol. The second-order valence-corrected chi connectivity index (χ2v) is 9.61. The molecule has 0 saturated carbocycles. The average molecular weight is 502 g/mol. The summed E-state index contributed by atoms with van der Waals surface area (Å²) >= 11 is 0. The molecule has 8 nitrogen and oxygen atoms in total. The van der Waals surface area contributed by atoms with Crippen LogP contribution in [0.25, 0.3) is 0 Å². The first-order valence-electron chi connectivity index (χ1n) is 12.3. The number of aryl methyl sites for hydroxylation is 1. The Kier molecular flexibility index (Phi) is 6.41. The number of nitrogens with one attached hydrogen (secondary N) is 2. The van der Waals surface area contributed by atoms with Crippen LogP contribution in [0.2, 0.25) is 0 Å². The lowest BCUT2D eigenvalue weighted by Gasteiger charge is -2.50. The summed E-state index contributed by atoms with van der Waals surface area (Å²) < 4.78 is 17.4. The zero-order valence-electron chi connectivity index (χ0n) is 21.5. The van der Waals surface area contributed by atoms with Crippen LogP contribution < -0.4 is 29.7 Å². The normalized spacial score (nSPS) is 19.8. The van der Waals surface area contributed by atoms with Crippen LogP contribution in [0.4, 0.5) is 10.5 Å². The summed E-state index contributed by atoms with van der Waals surface area (Å²) in [6, 6.07) is 18.3. The molecule has 1 saturated heterocycles. The Bertz CT molecular complexity index is 1340. The Balaban J connectivity index is 1.37. The number of urea groups is 1. The van der Waals surface area contributed by atoms with E-state index in [2.05, 4.69) is 34.9 Å². The fraction of sp³-hybridized carbons (Fsp3) is 0.310. The summed E-state index contributed by atoms with van der Waals surface area (Å²) in [6.45, 7) is 4.44. The highest BCUT2D eigenvalue weighted by molar-refractivity contribution is 5.99. The molecule has 0 radical (unpaired) electrons. The lowest BCUT2D eigenvalue weighted by molar-refractivity contribution is 0.0347. The van der Waals surface area contributed by atoms with E-state index < -0.39 is 5.72 Å². The molecular formula is C29H31N3O5. The topological polar surface area (TPSA) is 89.1 Å². The van der Waals surface area contributed by atoms with E-state index in [9.17, 15) is 9.59 Å². The van der Waals surface area contributed by atoms with E-state index in [1.807, 2.05) is 19.9 Å². The molecule has 8 heteroatoms. The molecule has 3 aromatic carbocycles. The smallest absolute Gasteiger partial charge is 0.325 e. The van der Waals surface area contributed by atoms with Gasteiger partial charge in [0.25, 0.3) is 5.91 Å². The van der Waals surface area contributed by atoms with E-state index in [0.29, 0.717) is 41.5 Å². The zero-order chi connectivity index (χ0) is 26.2. The molecular weight excluding hydrogens is 470 g/mol. The molecule has 2 heterocycles. The highest BCUT2D eigenvalue weighted by Crippen LogP contribution is 2.50. The number of carbonyl (C=O) groups excluding carboxylic acids is 2. The van der Waals surface area contributed by atoms with Crippen LogP contribution in [0.3, 0.4) is 0 Å². The van der Waals surface area contributed by atoms with Crippen LogP contribution in [0, 0.1) is 6.92 Å². The van der Waals surface area contributed by atoms with Gasteiger partial charge in [-0.1, -0.05) is 35.9 Å². The van der Waals surface area contributed by atoms with E-state index in [1.165, 1.54) is 5.56 Å². The highest BCUT2D eigenvalue weighted by Gasteiger charge is 2.51. The second kappa shape index (κ2) is 9.69. The molecule has 1 unspecified atom stereocenters. The van der Waals surface area contributed by atoms with Gasteiger partial charge in [0.05, 0.1) is 25.9 Å². The minimum absolute atomic E-state index is 0.196. The third-order valence-electron chi connectivity index (χ3n) is 6.95. The summed E-state index contributed by atoms with van der Waals surface area (Å²) in [5.41, 5.74) is 3.23. The van der Waals surface area contributed by atoms with Crippen molar-refractivity contribution in [3.05, 3.63) is 82.9 Å². The maximum atomic E-state index is 13.3. The van der Waals surface area contributed by atoms with Crippen LogP contribution in [-0.2, 0) is 6.42 Å². The average Bonchev–Trinajstić information content (AvgIpc) is 2.89. The van der Waals surface area contributed by atoms with Gasteiger partial charge >= 0.3 is 6.03 Å². The molecule has 0 aromatic heterocycles. The molecule has 3 aromatic rings. The predicted octanol–water partition coefficient (Wildman–Crippen LogP) is 4.75. The highest BCUT2D eigenvalue weighted by atomic mass is 16.5. The molecule has 2 bridgehead atoms. The van der Waals surface area contributed by atoms with E-state index in [-0.39, 0.29) is 18.0 Å². The number of hydrogen-bond acceptors (Lipinski definition) is 5. The number of amides is 3. The van der Waals surface area contributed by atoms with Crippen LogP contribution in [0.15, 0.2) is 60.7 Å². The number of fused-ring (bicyclic) bond motifs is 4. The summed E-state index contributed by atoms with van der Waals surface area (Å²) in [5, 5.41) is 6.06. The number of rotatable bonds is 7. The van der Waals surface area contributed by atoms with Gasteiger partial charge in [-0.2, -0.15) is 0 Å². The van der Waals surface area contributed by atoms with Gasteiger partial charge in [-0.25, -0.2) is 4.79 Å². The van der Waals surface area contributed by atoms with Gasteiger partial charge in [0.2, 0.25) is 0 Å². The van der Waals surface area contributed by atoms with Gasteiger partial charge in [-0.3, -0.25) is 9.69 Å². The molecule has 5 rings (SSSR count). The number of anilines is 1. The van der Waals surface area contributed by atoms with Crippen LogP contribution in [0.1, 0.15) is 46.4 Å². The van der Waals surface area contributed by atoms with Gasteiger partial charge in [-0.05, 0) is 50.1 Å². The van der Waals surface area contributed by atoms with Crippen molar-refractivity contribution in [2.24, 2.45) is 0 Å². The lowest BCUT2D eigenvalue weighted by atomic mass is 9.89. The molecule has 192 valence electrons. The SMILES string of the molecule is COc1cc(OC)c2c(c1)C1C[C@@](C)(O2)N(c2cccc(C(=O)NCCc3ccc(C)cc3)c2)C(=O)N1. The molecule has 2 aliphatic heterocycles. The van der Waals surface area contributed by atoms with Gasteiger partial charge in [0.15, 0.2) is 17.2 Å². The standard InChI is InChI=1S/C29H31N3O5/c1-18-8-10-19(11-9-18)12-13-30-27(33)20-6-5-7-21(14-20)32-28(34)31-24-17-29(32,2)37-26-23(24)15-22(35-3)16-25(26)36-4/h5-11,14-16,24H,12-13,17H2,1-4H3,(H,30,33)(H,31,34)/t24?,29-/m1/s1. The van der Waals surface area contributed by atoms with Crippen molar-refractivity contribution in [2.45, 2.75) is 38.5 Å². The maximum absolute atomic E-state index is 13.3. The number of hydrogen-bond donors (Lipinski definition) is 2. The second-order valence-electron chi connectivity index (χ2n) is 9.61. The molecule has 0 spiro atoms. The van der Waals surface area contributed by atoms with Gasteiger partial charge < -0.3 is 24.8 Å². The Morgan fingerprint density at radius 1 is 1.14 bits per heavy atom. The third-order valence-corrected chi connectivity index (χ3v) is 6.95. The number of nitrogens with zero attached hydrogens (tertiary/aromatic N) is 1. The van der Waals surface area contributed by atoms with Gasteiger partial charge in [0, 0.05) is 30.2 Å². The van der Waals surface area contributed by atoms with Crippen molar-refractivity contribution in [2.75, 3.05) is 25.7 Å². The molecule has 1 fully saturated rings.